The molecule has 82 valence electrons. The molecule has 0 aromatic carbocycles. The molecule has 0 aromatic heterocycles. The Morgan fingerprint density at radius 3 is 2.14 bits per heavy atom. The molecule has 0 heterocycles. The molecular formula is C13H24O. The summed E-state index contributed by atoms with van der Waals surface area (Å²) in [5, 5.41) is 0. The zero-order valence-electron chi connectivity index (χ0n) is 10.4. The van der Waals surface area contributed by atoms with Crippen molar-refractivity contribution in [1.29, 1.82) is 0 Å². The Kier molecular flexibility index (Phi) is 11.2. The summed E-state index contributed by atoms with van der Waals surface area (Å²) in [6.45, 7) is 15.8. The largest absolute Gasteiger partial charge is 0.492 e. The summed E-state index contributed by atoms with van der Waals surface area (Å²) in [5.74, 6) is 0.723. The third kappa shape index (κ3) is 11.0. The Labute approximate surface area is 89.2 Å². The number of allylic oxidation sites excluding steroid dienone is 4. The van der Waals surface area contributed by atoms with Crippen LogP contribution in [0.5, 0.6) is 0 Å². The molecule has 0 saturated carbocycles. The van der Waals surface area contributed by atoms with Gasteiger partial charge in [0.1, 0.15) is 5.76 Å². The molecule has 0 atom stereocenters. The van der Waals surface area contributed by atoms with E-state index in [1.54, 1.807) is 0 Å². The van der Waals surface area contributed by atoms with Crippen molar-refractivity contribution >= 4 is 0 Å². The van der Waals surface area contributed by atoms with Crippen molar-refractivity contribution in [1.82, 2.24) is 0 Å². The van der Waals surface area contributed by atoms with Gasteiger partial charge in [0, 0.05) is 0 Å². The van der Waals surface area contributed by atoms with Gasteiger partial charge < -0.3 is 4.74 Å². The maximum absolute atomic E-state index is 5.36. The number of rotatable bonds is 4. The minimum atomic E-state index is 0.201. The van der Waals surface area contributed by atoms with Crippen LogP contribution in [0.15, 0.2) is 36.1 Å². The van der Waals surface area contributed by atoms with Crippen molar-refractivity contribution in [2.75, 3.05) is 0 Å². The average Bonchev–Trinajstić information content (AvgIpc) is 2.06. The SMILES string of the molecule is C=C(/C=C(C)\C=C/C)OC(C)C.CC. The monoisotopic (exact) mass is 196 g/mol. The number of hydrogen-bond donors (Lipinski definition) is 0. The van der Waals surface area contributed by atoms with Crippen molar-refractivity contribution in [3.63, 3.8) is 0 Å². The van der Waals surface area contributed by atoms with Crippen LogP contribution in [-0.2, 0) is 4.74 Å². The van der Waals surface area contributed by atoms with Crippen molar-refractivity contribution < 1.29 is 4.74 Å². The minimum Gasteiger partial charge on any atom is -0.492 e. The second-order valence-corrected chi connectivity index (χ2v) is 3.02. The highest BCUT2D eigenvalue weighted by Gasteiger charge is 1.94. The summed E-state index contributed by atoms with van der Waals surface area (Å²) in [6, 6.07) is 0. The Morgan fingerprint density at radius 1 is 1.29 bits per heavy atom. The Bertz CT molecular complexity index is 197. The van der Waals surface area contributed by atoms with Crippen LogP contribution in [0.1, 0.15) is 41.5 Å². The summed E-state index contributed by atoms with van der Waals surface area (Å²) in [4.78, 5) is 0. The molecule has 0 saturated heterocycles. The number of hydrogen-bond acceptors (Lipinski definition) is 1. The molecule has 0 fully saturated rings. The van der Waals surface area contributed by atoms with E-state index in [9.17, 15) is 0 Å². The van der Waals surface area contributed by atoms with Gasteiger partial charge in [0.25, 0.3) is 0 Å². The highest BCUT2D eigenvalue weighted by atomic mass is 16.5. The van der Waals surface area contributed by atoms with E-state index in [2.05, 4.69) is 6.58 Å². The van der Waals surface area contributed by atoms with Crippen LogP contribution >= 0.6 is 0 Å². The predicted octanol–water partition coefficient (Wildman–Crippen LogP) is 4.47. The first-order valence-electron chi connectivity index (χ1n) is 5.22. The fourth-order valence-corrected chi connectivity index (χ4v) is 0.902. The predicted molar refractivity (Wildman–Crippen MR) is 65.3 cm³/mol. The molecule has 1 nitrogen and oxygen atoms in total. The van der Waals surface area contributed by atoms with Crippen LogP contribution in [0.3, 0.4) is 0 Å². The quantitative estimate of drug-likeness (QED) is 0.476. The van der Waals surface area contributed by atoms with Gasteiger partial charge in [-0.2, -0.15) is 0 Å². The van der Waals surface area contributed by atoms with Crippen LogP contribution in [0.4, 0.5) is 0 Å². The topological polar surface area (TPSA) is 9.23 Å². The molecule has 0 amide bonds. The smallest absolute Gasteiger partial charge is 0.112 e. The third-order valence-corrected chi connectivity index (χ3v) is 1.21. The van der Waals surface area contributed by atoms with E-state index in [1.807, 2.05) is 59.8 Å². The van der Waals surface area contributed by atoms with E-state index in [1.165, 1.54) is 0 Å². The fraction of sp³-hybridized carbons (Fsp3) is 0.538. The Balaban J connectivity index is 0. The van der Waals surface area contributed by atoms with Gasteiger partial charge >= 0.3 is 0 Å². The average molecular weight is 196 g/mol. The molecule has 0 radical (unpaired) electrons. The van der Waals surface area contributed by atoms with Gasteiger partial charge in [-0.3, -0.25) is 0 Å². The second kappa shape index (κ2) is 10.1. The molecule has 0 unspecified atom stereocenters. The summed E-state index contributed by atoms with van der Waals surface area (Å²) in [5.41, 5.74) is 1.16. The molecule has 1 heteroatoms. The molecule has 0 spiro atoms. The first-order chi connectivity index (χ1) is 6.56. The van der Waals surface area contributed by atoms with Crippen LogP contribution in [-0.4, -0.2) is 6.10 Å². The van der Waals surface area contributed by atoms with E-state index in [0.717, 1.165) is 11.3 Å². The molecule has 0 aliphatic heterocycles. The van der Waals surface area contributed by atoms with Crippen LogP contribution in [0.2, 0.25) is 0 Å². The summed E-state index contributed by atoms with van der Waals surface area (Å²) in [7, 11) is 0. The zero-order valence-corrected chi connectivity index (χ0v) is 10.4. The van der Waals surface area contributed by atoms with Crippen molar-refractivity contribution in [3.8, 4) is 0 Å². The molecule has 0 aliphatic carbocycles. The summed E-state index contributed by atoms with van der Waals surface area (Å²) >= 11 is 0. The fourth-order valence-electron chi connectivity index (χ4n) is 0.902. The van der Waals surface area contributed by atoms with Gasteiger partial charge in [-0.1, -0.05) is 32.6 Å². The highest BCUT2D eigenvalue weighted by Crippen LogP contribution is 2.05. The van der Waals surface area contributed by atoms with Gasteiger partial charge in [-0.25, -0.2) is 0 Å². The Morgan fingerprint density at radius 2 is 1.79 bits per heavy atom. The lowest BCUT2D eigenvalue weighted by Gasteiger charge is -2.08. The molecule has 14 heavy (non-hydrogen) atoms. The van der Waals surface area contributed by atoms with E-state index >= 15 is 0 Å². The van der Waals surface area contributed by atoms with E-state index in [0.29, 0.717) is 0 Å². The lowest BCUT2D eigenvalue weighted by atomic mass is 10.2. The first-order valence-corrected chi connectivity index (χ1v) is 5.22. The lowest BCUT2D eigenvalue weighted by Crippen LogP contribution is -1.99. The van der Waals surface area contributed by atoms with Gasteiger partial charge in [0.2, 0.25) is 0 Å². The summed E-state index contributed by atoms with van der Waals surface area (Å²) in [6.07, 6.45) is 6.15. The maximum atomic E-state index is 5.36. The maximum Gasteiger partial charge on any atom is 0.112 e. The molecule has 0 N–H and O–H groups in total. The van der Waals surface area contributed by atoms with Crippen molar-refractivity contribution in [2.24, 2.45) is 0 Å². The number of ether oxygens (including phenoxy) is 1. The second-order valence-electron chi connectivity index (χ2n) is 3.02. The first kappa shape index (κ1) is 15.5. The van der Waals surface area contributed by atoms with Gasteiger partial charge in [0.05, 0.1) is 6.10 Å². The third-order valence-electron chi connectivity index (χ3n) is 1.21. The van der Waals surface area contributed by atoms with Crippen LogP contribution in [0, 0.1) is 0 Å². The highest BCUT2D eigenvalue weighted by molar-refractivity contribution is 5.23. The zero-order chi connectivity index (χ0) is 11.6. The summed E-state index contributed by atoms with van der Waals surface area (Å²) < 4.78 is 5.36. The lowest BCUT2D eigenvalue weighted by molar-refractivity contribution is 0.159. The van der Waals surface area contributed by atoms with Gasteiger partial charge in [0.15, 0.2) is 0 Å². The van der Waals surface area contributed by atoms with Gasteiger partial charge in [-0.15, -0.1) is 0 Å². The van der Waals surface area contributed by atoms with Crippen LogP contribution < -0.4 is 0 Å². The minimum absolute atomic E-state index is 0.201. The van der Waals surface area contributed by atoms with Crippen LogP contribution in [0.25, 0.3) is 0 Å². The van der Waals surface area contributed by atoms with Gasteiger partial charge in [-0.05, 0) is 39.3 Å². The normalized spacial score (nSPS) is 11.2. The molecular weight excluding hydrogens is 172 g/mol. The molecule has 0 aromatic rings. The molecule has 0 rings (SSSR count). The van der Waals surface area contributed by atoms with E-state index < -0.39 is 0 Å². The molecule has 0 aliphatic rings. The van der Waals surface area contributed by atoms with Crippen molar-refractivity contribution in [2.45, 2.75) is 47.6 Å². The van der Waals surface area contributed by atoms with Crippen molar-refractivity contribution in [3.05, 3.63) is 36.1 Å². The van der Waals surface area contributed by atoms with E-state index in [-0.39, 0.29) is 6.10 Å². The standard InChI is InChI=1S/C11H18O.C2H6/c1-6-7-10(4)8-11(5)12-9(2)3;1-2/h6-9H,5H2,1-4H3;1-2H3/b7-6-,10-8-;. The Hall–Kier alpha value is -0.980. The van der Waals surface area contributed by atoms with E-state index in [4.69, 9.17) is 4.74 Å². The molecule has 0 bridgehead atoms.